The quantitative estimate of drug-likeness (QED) is 0.492. The lowest BCUT2D eigenvalue weighted by molar-refractivity contribution is 0.455. The molecule has 0 atom stereocenters. The van der Waals surface area contributed by atoms with Crippen LogP contribution in [0.5, 0.6) is 5.88 Å². The van der Waals surface area contributed by atoms with Crippen molar-refractivity contribution >= 4 is 25.9 Å². The highest BCUT2D eigenvalue weighted by atomic mass is 32.2. The van der Waals surface area contributed by atoms with Gasteiger partial charge in [-0.2, -0.15) is 13.5 Å². The van der Waals surface area contributed by atoms with Gasteiger partial charge in [0.2, 0.25) is 15.7 Å². The topological polar surface area (TPSA) is 112 Å². The molecule has 2 heterocycles. The molecule has 10 heteroatoms. The highest BCUT2D eigenvalue weighted by Gasteiger charge is 2.43. The zero-order chi connectivity index (χ0) is 23.4. The standard InChI is InChI=1S/C21H26N2O6S2/c1-7-8-30(25,26)29-20-17(11-22-23(20)6)16-9-13(2)19-18(14(16)3)21(4,5)10-15(12-24)31(19,27)28/h9,11H,7-8,10H2,1-6H3. The molecule has 3 rings (SSSR count). The highest BCUT2D eigenvalue weighted by molar-refractivity contribution is 7.95. The molecule has 0 radical (unpaired) electrons. The highest BCUT2D eigenvalue weighted by Crippen LogP contribution is 2.48. The van der Waals surface area contributed by atoms with Crippen LogP contribution < -0.4 is 4.18 Å². The molecular weight excluding hydrogens is 440 g/mol. The van der Waals surface area contributed by atoms with Crippen molar-refractivity contribution in [1.29, 1.82) is 0 Å². The summed E-state index contributed by atoms with van der Waals surface area (Å²) in [4.78, 5) is 11.2. The Balaban J connectivity index is 2.32. The third kappa shape index (κ3) is 3.84. The Morgan fingerprint density at radius 1 is 1.26 bits per heavy atom. The number of benzene rings is 1. The second kappa shape index (κ2) is 7.62. The zero-order valence-corrected chi connectivity index (χ0v) is 20.1. The Labute approximate surface area is 183 Å². The van der Waals surface area contributed by atoms with E-state index in [0.29, 0.717) is 34.2 Å². The Hall–Kier alpha value is -2.42. The predicted molar refractivity (Wildman–Crippen MR) is 117 cm³/mol. The van der Waals surface area contributed by atoms with Crippen LogP contribution in [0.4, 0.5) is 0 Å². The van der Waals surface area contributed by atoms with Crippen molar-refractivity contribution in [2.75, 3.05) is 5.75 Å². The maximum Gasteiger partial charge on any atom is 0.310 e. The molecule has 8 nitrogen and oxygen atoms in total. The summed E-state index contributed by atoms with van der Waals surface area (Å²) in [6, 6.07) is 1.67. The predicted octanol–water partition coefficient (Wildman–Crippen LogP) is 2.99. The fourth-order valence-electron chi connectivity index (χ4n) is 4.25. The Bertz CT molecular complexity index is 1330. The summed E-state index contributed by atoms with van der Waals surface area (Å²) >= 11 is 0. The van der Waals surface area contributed by atoms with Crippen molar-refractivity contribution in [2.45, 2.75) is 57.8 Å². The minimum absolute atomic E-state index is 0.0385. The normalized spacial score (nSPS) is 17.2. The summed E-state index contributed by atoms with van der Waals surface area (Å²) in [5.41, 5.74) is 2.18. The molecule has 0 amide bonds. The van der Waals surface area contributed by atoms with E-state index in [1.54, 1.807) is 39.8 Å². The number of fused-ring (bicyclic) bond motifs is 1. The fourth-order valence-corrected chi connectivity index (χ4v) is 7.36. The average Bonchev–Trinajstić information content (AvgIpc) is 2.99. The molecule has 0 aliphatic carbocycles. The second-order valence-electron chi connectivity index (χ2n) is 8.49. The monoisotopic (exact) mass is 466 g/mol. The molecular formula is C21H26N2O6S2. The smallest absolute Gasteiger partial charge is 0.310 e. The number of sulfone groups is 1. The number of aryl methyl sites for hydroxylation is 2. The van der Waals surface area contributed by atoms with Crippen molar-refractivity contribution < 1.29 is 25.8 Å². The molecule has 1 aliphatic rings. The van der Waals surface area contributed by atoms with Gasteiger partial charge in [-0.15, -0.1) is 0 Å². The van der Waals surface area contributed by atoms with E-state index in [0.717, 1.165) is 0 Å². The lowest BCUT2D eigenvalue weighted by Gasteiger charge is -2.35. The third-order valence-electron chi connectivity index (χ3n) is 5.55. The number of carbonyl (C=O) groups excluding carboxylic acids is 1. The molecule has 0 bridgehead atoms. The van der Waals surface area contributed by atoms with Crippen LogP contribution in [0, 0.1) is 13.8 Å². The first kappa shape index (κ1) is 23.2. The van der Waals surface area contributed by atoms with Crippen molar-refractivity contribution in [3.63, 3.8) is 0 Å². The Kier molecular flexibility index (Phi) is 5.71. The lowest BCUT2D eigenvalue weighted by Crippen LogP contribution is -2.31. The molecule has 2 aromatic rings. The van der Waals surface area contributed by atoms with Crippen molar-refractivity contribution in [3.8, 4) is 17.0 Å². The van der Waals surface area contributed by atoms with Gasteiger partial charge >= 0.3 is 10.1 Å². The maximum absolute atomic E-state index is 13.1. The molecule has 1 aromatic heterocycles. The Morgan fingerprint density at radius 2 is 1.90 bits per heavy atom. The van der Waals surface area contributed by atoms with E-state index in [9.17, 15) is 21.6 Å². The molecule has 0 fully saturated rings. The first-order valence-corrected chi connectivity index (χ1v) is 12.9. The van der Waals surface area contributed by atoms with Crippen molar-refractivity contribution in [1.82, 2.24) is 9.78 Å². The molecule has 31 heavy (non-hydrogen) atoms. The van der Waals surface area contributed by atoms with E-state index in [-0.39, 0.29) is 27.9 Å². The van der Waals surface area contributed by atoms with E-state index in [4.69, 9.17) is 4.18 Å². The second-order valence-corrected chi connectivity index (χ2v) is 12.1. The number of hydrogen-bond acceptors (Lipinski definition) is 7. The number of allylic oxidation sites excluding steroid dienone is 1. The molecule has 0 saturated carbocycles. The molecule has 0 saturated heterocycles. The van der Waals surface area contributed by atoms with Crippen LogP contribution in [0.3, 0.4) is 0 Å². The Morgan fingerprint density at radius 3 is 2.48 bits per heavy atom. The minimum atomic E-state index is -3.95. The van der Waals surface area contributed by atoms with Gasteiger partial charge in [-0.25, -0.2) is 17.9 Å². The maximum atomic E-state index is 13.1. The summed E-state index contributed by atoms with van der Waals surface area (Å²) in [7, 11) is -6.18. The average molecular weight is 467 g/mol. The molecule has 168 valence electrons. The van der Waals surface area contributed by atoms with Gasteiger partial charge in [-0.3, -0.25) is 0 Å². The van der Waals surface area contributed by atoms with Gasteiger partial charge < -0.3 is 4.18 Å². The van der Waals surface area contributed by atoms with E-state index in [2.05, 4.69) is 5.10 Å². The zero-order valence-electron chi connectivity index (χ0n) is 18.4. The lowest BCUT2D eigenvalue weighted by atomic mass is 9.76. The van der Waals surface area contributed by atoms with Gasteiger partial charge in [0.15, 0.2) is 0 Å². The number of hydrogen-bond donors (Lipinski definition) is 0. The van der Waals surface area contributed by atoms with E-state index >= 15 is 0 Å². The number of nitrogens with zero attached hydrogens (tertiary/aromatic N) is 2. The van der Waals surface area contributed by atoms with Crippen molar-refractivity contribution in [2.24, 2.45) is 7.05 Å². The van der Waals surface area contributed by atoms with Gasteiger partial charge in [0.1, 0.15) is 10.8 Å². The first-order valence-electron chi connectivity index (χ1n) is 9.85. The van der Waals surface area contributed by atoms with Gasteiger partial charge in [0.25, 0.3) is 0 Å². The fraction of sp³-hybridized carbons (Fsp3) is 0.476. The van der Waals surface area contributed by atoms with E-state index < -0.39 is 25.4 Å². The van der Waals surface area contributed by atoms with Crippen LogP contribution in [0.2, 0.25) is 0 Å². The molecule has 1 aromatic carbocycles. The van der Waals surface area contributed by atoms with E-state index in [1.807, 2.05) is 13.8 Å². The first-order chi connectivity index (χ1) is 14.3. The summed E-state index contributed by atoms with van der Waals surface area (Å²) < 4.78 is 57.4. The van der Waals surface area contributed by atoms with Gasteiger partial charge in [-0.1, -0.05) is 20.8 Å². The number of aromatic nitrogens is 2. The molecule has 0 spiro atoms. The van der Waals surface area contributed by atoms with Crippen LogP contribution in [-0.4, -0.2) is 38.3 Å². The SMILES string of the molecule is CCCS(=O)(=O)Oc1c(-c2cc(C)c3c(c2C)C(C)(C)CC(=C=O)S3(=O)=O)cnn1C. The van der Waals surface area contributed by atoms with Gasteiger partial charge in [-0.05, 0) is 54.0 Å². The largest absolute Gasteiger partial charge is 0.361 e. The summed E-state index contributed by atoms with van der Waals surface area (Å²) in [6.45, 7) is 8.94. The van der Waals surface area contributed by atoms with E-state index in [1.165, 1.54) is 10.9 Å². The van der Waals surface area contributed by atoms with Crippen LogP contribution in [-0.2, 0) is 37.2 Å². The van der Waals surface area contributed by atoms with Crippen LogP contribution >= 0.6 is 0 Å². The molecule has 0 N–H and O–H groups in total. The minimum Gasteiger partial charge on any atom is -0.361 e. The van der Waals surface area contributed by atoms with Crippen molar-refractivity contribution in [3.05, 3.63) is 33.9 Å². The molecule has 1 aliphatic heterocycles. The van der Waals surface area contributed by atoms with Crippen LogP contribution in [0.1, 0.15) is 50.3 Å². The number of rotatable bonds is 5. The summed E-state index contributed by atoms with van der Waals surface area (Å²) in [5.74, 6) is 1.55. The summed E-state index contributed by atoms with van der Waals surface area (Å²) in [5, 5.41) is 4.16. The third-order valence-corrected chi connectivity index (χ3v) is 8.81. The summed E-state index contributed by atoms with van der Waals surface area (Å²) in [6.07, 6.45) is 1.95. The van der Waals surface area contributed by atoms with Gasteiger partial charge in [0.05, 0.1) is 22.4 Å². The van der Waals surface area contributed by atoms with Gasteiger partial charge in [0, 0.05) is 13.5 Å². The molecule has 0 unspecified atom stereocenters. The van der Waals surface area contributed by atoms with Crippen LogP contribution in [0.25, 0.3) is 11.1 Å². The van der Waals surface area contributed by atoms with Crippen LogP contribution in [0.15, 0.2) is 22.1 Å².